The van der Waals surface area contributed by atoms with E-state index in [0.717, 1.165) is 24.2 Å². The van der Waals surface area contributed by atoms with Gasteiger partial charge in [-0.05, 0) is 47.8 Å². The topological polar surface area (TPSA) is 79.3 Å². The van der Waals surface area contributed by atoms with E-state index in [1.807, 2.05) is 24.3 Å². The molecule has 7 heteroatoms. The second-order valence-corrected chi connectivity index (χ2v) is 10.2. The monoisotopic (exact) mass is 492 g/mol. The number of aliphatic hydroxyl groups is 1. The maximum atomic E-state index is 13.3. The van der Waals surface area contributed by atoms with Crippen LogP contribution in [0.1, 0.15) is 57.4 Å². The van der Waals surface area contributed by atoms with Crippen LogP contribution in [0.5, 0.6) is 11.5 Å². The number of benzene rings is 2. The molecule has 0 radical (unpaired) electrons. The molecule has 0 spiro atoms. The van der Waals surface area contributed by atoms with Crippen LogP contribution in [-0.2, 0) is 15.0 Å². The Balaban J connectivity index is 1.79. The average Bonchev–Trinajstić information content (AvgIpc) is 3.13. The number of hydrogen-bond acceptors (Lipinski definition) is 6. The van der Waals surface area contributed by atoms with Gasteiger partial charge in [0.05, 0.1) is 11.6 Å². The molecule has 0 bridgehead atoms. The molecule has 36 heavy (non-hydrogen) atoms. The van der Waals surface area contributed by atoms with Gasteiger partial charge in [-0.3, -0.25) is 9.59 Å². The summed E-state index contributed by atoms with van der Waals surface area (Å²) in [5, 5.41) is 11.4. The van der Waals surface area contributed by atoms with E-state index in [1.54, 1.807) is 23.1 Å². The highest BCUT2D eigenvalue weighted by Crippen LogP contribution is 2.41. The zero-order chi connectivity index (χ0) is 26.0. The lowest BCUT2D eigenvalue weighted by Crippen LogP contribution is -2.38. The molecule has 1 atom stereocenters. The molecule has 7 nitrogen and oxygen atoms in total. The van der Waals surface area contributed by atoms with Crippen molar-refractivity contribution in [1.29, 1.82) is 0 Å². The highest BCUT2D eigenvalue weighted by molar-refractivity contribution is 6.46. The minimum atomic E-state index is -0.678. The molecule has 2 aromatic carbocycles. The Kier molecular flexibility index (Phi) is 7.41. The van der Waals surface area contributed by atoms with E-state index in [2.05, 4.69) is 39.5 Å². The molecule has 0 aromatic heterocycles. The molecule has 2 aromatic rings. The molecule has 2 heterocycles. The number of carbonyl (C=O) groups is 2. The minimum Gasteiger partial charge on any atom is -0.507 e. The Morgan fingerprint density at radius 3 is 2.25 bits per heavy atom. The number of aliphatic hydroxyl groups excluding tert-OH is 1. The van der Waals surface area contributed by atoms with E-state index < -0.39 is 17.7 Å². The SMILES string of the molecule is CCN(CC)CCN1C(=O)C(=O)C(=C(O)c2ccc3c(c2)OCCO3)[C@H]1c1ccc(C(C)(C)C)cc1. The van der Waals surface area contributed by atoms with Crippen molar-refractivity contribution in [1.82, 2.24) is 9.80 Å². The van der Waals surface area contributed by atoms with Gasteiger partial charge in [0, 0.05) is 18.7 Å². The molecule has 4 rings (SSSR count). The summed E-state index contributed by atoms with van der Waals surface area (Å²) < 4.78 is 11.3. The second-order valence-electron chi connectivity index (χ2n) is 10.2. The zero-order valence-corrected chi connectivity index (χ0v) is 21.8. The van der Waals surface area contributed by atoms with Gasteiger partial charge in [0.15, 0.2) is 11.5 Å². The van der Waals surface area contributed by atoms with Crippen LogP contribution in [0.4, 0.5) is 0 Å². The molecule has 192 valence electrons. The Labute approximate surface area is 213 Å². The molecule has 1 saturated heterocycles. The van der Waals surface area contributed by atoms with Gasteiger partial charge >= 0.3 is 0 Å². The van der Waals surface area contributed by atoms with Crippen LogP contribution in [0, 0.1) is 0 Å². The number of likely N-dealkylation sites (tertiary alicyclic amines) is 1. The van der Waals surface area contributed by atoms with Gasteiger partial charge < -0.3 is 24.4 Å². The van der Waals surface area contributed by atoms with Crippen LogP contribution in [0.2, 0.25) is 0 Å². The van der Waals surface area contributed by atoms with Crippen molar-refractivity contribution in [2.24, 2.45) is 0 Å². The van der Waals surface area contributed by atoms with E-state index in [1.165, 1.54) is 0 Å². The van der Waals surface area contributed by atoms with Crippen molar-refractivity contribution in [2.75, 3.05) is 39.4 Å². The van der Waals surface area contributed by atoms with Crippen LogP contribution in [0.25, 0.3) is 5.76 Å². The summed E-state index contributed by atoms with van der Waals surface area (Å²) in [4.78, 5) is 30.4. The third-order valence-corrected chi connectivity index (χ3v) is 7.00. The standard InChI is InChI=1S/C29H36N2O5/c1-6-30(7-2)14-15-31-25(19-8-11-21(12-9-19)29(3,4)5)24(27(33)28(31)34)26(32)20-10-13-22-23(18-20)36-17-16-35-22/h8-13,18,25,32H,6-7,14-17H2,1-5H3/t25-/m1/s1. The van der Waals surface area contributed by atoms with E-state index in [0.29, 0.717) is 43.4 Å². The first-order valence-electron chi connectivity index (χ1n) is 12.7. The first kappa shape index (κ1) is 25.8. The van der Waals surface area contributed by atoms with Crippen molar-refractivity contribution in [2.45, 2.75) is 46.1 Å². The van der Waals surface area contributed by atoms with Crippen molar-refractivity contribution in [3.63, 3.8) is 0 Å². The Hall–Kier alpha value is -3.32. The molecular formula is C29H36N2O5. The van der Waals surface area contributed by atoms with E-state index in [-0.39, 0.29) is 16.7 Å². The summed E-state index contributed by atoms with van der Waals surface area (Å²) >= 11 is 0. The molecule has 0 saturated carbocycles. The van der Waals surface area contributed by atoms with Crippen LogP contribution in [0.3, 0.4) is 0 Å². The van der Waals surface area contributed by atoms with Gasteiger partial charge in [-0.15, -0.1) is 0 Å². The fourth-order valence-corrected chi connectivity index (χ4v) is 4.76. The Morgan fingerprint density at radius 2 is 1.64 bits per heavy atom. The smallest absolute Gasteiger partial charge is 0.295 e. The first-order valence-corrected chi connectivity index (χ1v) is 12.7. The van der Waals surface area contributed by atoms with Gasteiger partial charge in [0.1, 0.15) is 19.0 Å². The molecule has 1 N–H and O–H groups in total. The van der Waals surface area contributed by atoms with E-state index in [4.69, 9.17) is 9.47 Å². The number of amides is 1. The number of carbonyl (C=O) groups excluding carboxylic acids is 2. The number of hydrogen-bond donors (Lipinski definition) is 1. The van der Waals surface area contributed by atoms with Crippen molar-refractivity contribution in [3.05, 3.63) is 64.7 Å². The van der Waals surface area contributed by atoms with Gasteiger partial charge in [0.25, 0.3) is 11.7 Å². The molecule has 0 unspecified atom stereocenters. The molecule has 2 aliphatic heterocycles. The summed E-state index contributed by atoms with van der Waals surface area (Å²) in [6.07, 6.45) is 0. The molecule has 1 amide bonds. The number of likely N-dealkylation sites (N-methyl/N-ethyl adjacent to an activating group) is 1. The maximum Gasteiger partial charge on any atom is 0.295 e. The summed E-state index contributed by atoms with van der Waals surface area (Å²) in [6, 6.07) is 12.4. The Bertz CT molecular complexity index is 1160. The molecule has 0 aliphatic carbocycles. The van der Waals surface area contributed by atoms with Crippen molar-refractivity contribution < 1.29 is 24.2 Å². The quantitative estimate of drug-likeness (QED) is 0.348. The van der Waals surface area contributed by atoms with Crippen molar-refractivity contribution >= 4 is 17.4 Å². The molecular weight excluding hydrogens is 456 g/mol. The number of nitrogens with zero attached hydrogens (tertiary/aromatic N) is 2. The second kappa shape index (κ2) is 10.3. The van der Waals surface area contributed by atoms with Crippen LogP contribution < -0.4 is 9.47 Å². The lowest BCUT2D eigenvalue weighted by atomic mass is 9.85. The lowest BCUT2D eigenvalue weighted by Gasteiger charge is -2.29. The summed E-state index contributed by atoms with van der Waals surface area (Å²) in [5.74, 6) is -0.377. The first-order chi connectivity index (χ1) is 17.2. The Morgan fingerprint density at radius 1 is 1.00 bits per heavy atom. The fraction of sp³-hybridized carbons (Fsp3) is 0.448. The van der Waals surface area contributed by atoms with Crippen LogP contribution in [-0.4, -0.2) is 66.0 Å². The highest BCUT2D eigenvalue weighted by atomic mass is 16.6. The predicted molar refractivity (Wildman–Crippen MR) is 139 cm³/mol. The predicted octanol–water partition coefficient (Wildman–Crippen LogP) is 4.52. The van der Waals surface area contributed by atoms with Gasteiger partial charge in [-0.25, -0.2) is 0 Å². The summed E-state index contributed by atoms with van der Waals surface area (Å²) in [7, 11) is 0. The summed E-state index contributed by atoms with van der Waals surface area (Å²) in [6.45, 7) is 14.2. The average molecular weight is 493 g/mol. The number of ether oxygens (including phenoxy) is 2. The van der Waals surface area contributed by atoms with E-state index in [9.17, 15) is 14.7 Å². The van der Waals surface area contributed by atoms with Crippen LogP contribution >= 0.6 is 0 Å². The number of fused-ring (bicyclic) bond motifs is 1. The molecule has 1 fully saturated rings. The van der Waals surface area contributed by atoms with Gasteiger partial charge in [0.2, 0.25) is 0 Å². The number of rotatable bonds is 7. The van der Waals surface area contributed by atoms with Crippen LogP contribution in [0.15, 0.2) is 48.0 Å². The third-order valence-electron chi connectivity index (χ3n) is 7.00. The van der Waals surface area contributed by atoms with Gasteiger partial charge in [-0.1, -0.05) is 58.9 Å². The van der Waals surface area contributed by atoms with E-state index >= 15 is 0 Å². The zero-order valence-electron chi connectivity index (χ0n) is 21.8. The lowest BCUT2D eigenvalue weighted by molar-refractivity contribution is -0.140. The normalized spacial score (nSPS) is 19.3. The third kappa shape index (κ3) is 4.98. The number of ketones is 1. The van der Waals surface area contributed by atoms with Gasteiger partial charge in [-0.2, -0.15) is 0 Å². The highest BCUT2D eigenvalue weighted by Gasteiger charge is 2.46. The maximum absolute atomic E-state index is 13.3. The summed E-state index contributed by atoms with van der Waals surface area (Å²) in [5.41, 5.74) is 2.42. The number of Topliss-reactive ketones (excluding diaryl/α,β-unsaturated/α-hetero) is 1. The van der Waals surface area contributed by atoms with Crippen molar-refractivity contribution in [3.8, 4) is 11.5 Å². The minimum absolute atomic E-state index is 0.0334. The molecule has 2 aliphatic rings. The largest absolute Gasteiger partial charge is 0.507 e. The fourth-order valence-electron chi connectivity index (χ4n) is 4.76.